The van der Waals surface area contributed by atoms with E-state index in [2.05, 4.69) is 5.32 Å². The minimum atomic E-state index is -0.270. The number of nitrogen functional groups attached to an aromatic ring is 1. The molecule has 3 N–H and O–H groups in total. The van der Waals surface area contributed by atoms with E-state index in [0.29, 0.717) is 16.5 Å². The highest BCUT2D eigenvalue weighted by atomic mass is 35.5. The third kappa shape index (κ3) is 3.65. The Labute approximate surface area is 122 Å². The standard InChI is InChI=1S/C15H15ClN2O2/c1-10-5-7-11(8-6-10)18-14(19)9-20-15-12(16)3-2-4-13(15)17/h2-8H,9,17H2,1H3,(H,18,19). The second-order valence-corrected chi connectivity index (χ2v) is 4.77. The molecule has 4 nitrogen and oxygen atoms in total. The molecule has 0 radical (unpaired) electrons. The Morgan fingerprint density at radius 1 is 1.25 bits per heavy atom. The average Bonchev–Trinajstić information content (AvgIpc) is 2.41. The third-order valence-electron chi connectivity index (χ3n) is 2.68. The summed E-state index contributed by atoms with van der Waals surface area (Å²) in [5, 5.41) is 3.11. The van der Waals surface area contributed by atoms with Crippen molar-refractivity contribution in [1.82, 2.24) is 0 Å². The Morgan fingerprint density at radius 2 is 1.95 bits per heavy atom. The number of ether oxygens (including phenoxy) is 1. The molecule has 104 valence electrons. The molecule has 0 heterocycles. The van der Waals surface area contributed by atoms with Crippen LogP contribution in [0.2, 0.25) is 5.02 Å². The highest BCUT2D eigenvalue weighted by Gasteiger charge is 2.09. The molecule has 0 aromatic heterocycles. The second-order valence-electron chi connectivity index (χ2n) is 4.36. The number of hydrogen-bond acceptors (Lipinski definition) is 3. The molecule has 2 aromatic carbocycles. The quantitative estimate of drug-likeness (QED) is 0.850. The highest BCUT2D eigenvalue weighted by molar-refractivity contribution is 6.32. The minimum Gasteiger partial charge on any atom is -0.480 e. The summed E-state index contributed by atoms with van der Waals surface area (Å²) in [5.41, 5.74) is 7.99. The lowest BCUT2D eigenvalue weighted by Gasteiger charge is -2.10. The van der Waals surface area contributed by atoms with Gasteiger partial charge in [-0.05, 0) is 31.2 Å². The maximum atomic E-state index is 11.8. The van der Waals surface area contributed by atoms with E-state index in [1.807, 2.05) is 31.2 Å². The van der Waals surface area contributed by atoms with Gasteiger partial charge in [0.25, 0.3) is 5.91 Å². The largest absolute Gasteiger partial charge is 0.480 e. The number of carbonyl (C=O) groups is 1. The molecule has 0 unspecified atom stereocenters. The lowest BCUT2D eigenvalue weighted by molar-refractivity contribution is -0.118. The molecule has 2 aromatic rings. The first-order valence-corrected chi connectivity index (χ1v) is 6.47. The van der Waals surface area contributed by atoms with Gasteiger partial charge in [-0.1, -0.05) is 35.4 Å². The van der Waals surface area contributed by atoms with Gasteiger partial charge in [-0.15, -0.1) is 0 Å². The van der Waals surface area contributed by atoms with Gasteiger partial charge in [0.1, 0.15) is 0 Å². The van der Waals surface area contributed by atoms with Crippen molar-refractivity contribution < 1.29 is 9.53 Å². The fraction of sp³-hybridized carbons (Fsp3) is 0.133. The van der Waals surface area contributed by atoms with Crippen LogP contribution in [0.15, 0.2) is 42.5 Å². The maximum Gasteiger partial charge on any atom is 0.262 e. The van der Waals surface area contributed by atoms with Gasteiger partial charge in [0.2, 0.25) is 0 Å². The zero-order valence-electron chi connectivity index (χ0n) is 11.0. The molecular weight excluding hydrogens is 276 g/mol. The Hall–Kier alpha value is -2.20. The summed E-state index contributed by atoms with van der Waals surface area (Å²) < 4.78 is 5.36. The monoisotopic (exact) mass is 290 g/mol. The normalized spacial score (nSPS) is 10.1. The molecule has 5 heteroatoms. The van der Waals surface area contributed by atoms with Crippen LogP contribution < -0.4 is 15.8 Å². The summed E-state index contributed by atoms with van der Waals surface area (Å²) in [4.78, 5) is 11.8. The maximum absolute atomic E-state index is 11.8. The number of anilines is 2. The lowest BCUT2D eigenvalue weighted by atomic mass is 10.2. The third-order valence-corrected chi connectivity index (χ3v) is 2.98. The predicted molar refractivity (Wildman–Crippen MR) is 81.2 cm³/mol. The molecule has 1 amide bonds. The zero-order valence-corrected chi connectivity index (χ0v) is 11.8. The van der Waals surface area contributed by atoms with Crippen LogP contribution in [-0.4, -0.2) is 12.5 Å². The van der Waals surface area contributed by atoms with Gasteiger partial charge in [0.05, 0.1) is 10.7 Å². The first-order chi connectivity index (χ1) is 9.56. The summed E-state index contributed by atoms with van der Waals surface area (Å²) in [6, 6.07) is 12.5. The number of hydrogen-bond donors (Lipinski definition) is 2. The van der Waals surface area contributed by atoms with Gasteiger partial charge >= 0.3 is 0 Å². The van der Waals surface area contributed by atoms with Gasteiger partial charge in [-0.3, -0.25) is 4.79 Å². The molecule has 0 aliphatic rings. The van der Waals surface area contributed by atoms with E-state index in [-0.39, 0.29) is 12.5 Å². The van der Waals surface area contributed by atoms with Gasteiger partial charge < -0.3 is 15.8 Å². The van der Waals surface area contributed by atoms with Crippen LogP contribution in [0.1, 0.15) is 5.56 Å². The SMILES string of the molecule is Cc1ccc(NC(=O)COc2c(N)cccc2Cl)cc1. The number of para-hydroxylation sites is 1. The van der Waals surface area contributed by atoms with Crippen molar-refractivity contribution >= 4 is 28.9 Å². The van der Waals surface area contributed by atoms with Crippen molar-refractivity contribution in [1.29, 1.82) is 0 Å². The zero-order chi connectivity index (χ0) is 14.5. The van der Waals surface area contributed by atoms with Gasteiger partial charge in [-0.25, -0.2) is 0 Å². The topological polar surface area (TPSA) is 64.3 Å². The number of halogens is 1. The van der Waals surface area contributed by atoms with Gasteiger partial charge in [0, 0.05) is 5.69 Å². The Morgan fingerprint density at radius 3 is 2.60 bits per heavy atom. The van der Waals surface area contributed by atoms with Crippen molar-refractivity contribution in [3.8, 4) is 5.75 Å². The van der Waals surface area contributed by atoms with Crippen LogP contribution in [-0.2, 0) is 4.79 Å². The average molecular weight is 291 g/mol. The van der Waals surface area contributed by atoms with E-state index in [4.69, 9.17) is 22.1 Å². The molecular formula is C15H15ClN2O2. The molecule has 0 aliphatic carbocycles. The van der Waals surface area contributed by atoms with E-state index in [1.54, 1.807) is 18.2 Å². The van der Waals surface area contributed by atoms with Gasteiger partial charge in [-0.2, -0.15) is 0 Å². The first kappa shape index (κ1) is 14.2. The van der Waals surface area contributed by atoms with E-state index < -0.39 is 0 Å². The van der Waals surface area contributed by atoms with Crippen molar-refractivity contribution in [2.75, 3.05) is 17.7 Å². The summed E-state index contributed by atoms with van der Waals surface area (Å²) in [7, 11) is 0. The fourth-order valence-corrected chi connectivity index (χ4v) is 1.89. The smallest absolute Gasteiger partial charge is 0.262 e. The minimum absolute atomic E-state index is 0.151. The van der Waals surface area contributed by atoms with Crippen LogP contribution in [0, 0.1) is 6.92 Å². The summed E-state index contributed by atoms with van der Waals surface area (Å²) in [6.45, 7) is 1.83. The number of benzene rings is 2. The molecule has 0 atom stereocenters. The molecule has 0 aliphatic heterocycles. The molecule has 0 saturated carbocycles. The van der Waals surface area contributed by atoms with Crippen LogP contribution in [0.25, 0.3) is 0 Å². The van der Waals surface area contributed by atoms with Crippen LogP contribution in [0.5, 0.6) is 5.75 Å². The van der Waals surface area contributed by atoms with Gasteiger partial charge in [0.15, 0.2) is 12.4 Å². The first-order valence-electron chi connectivity index (χ1n) is 6.09. The van der Waals surface area contributed by atoms with Crippen molar-refractivity contribution in [3.05, 3.63) is 53.1 Å². The van der Waals surface area contributed by atoms with E-state index in [1.165, 1.54) is 0 Å². The van der Waals surface area contributed by atoms with Crippen molar-refractivity contribution in [3.63, 3.8) is 0 Å². The fourth-order valence-electron chi connectivity index (χ4n) is 1.65. The second kappa shape index (κ2) is 6.30. The Balaban J connectivity index is 1.94. The molecule has 0 saturated heterocycles. The highest BCUT2D eigenvalue weighted by Crippen LogP contribution is 2.30. The number of carbonyl (C=O) groups excluding carboxylic acids is 1. The van der Waals surface area contributed by atoms with E-state index in [0.717, 1.165) is 11.3 Å². The number of nitrogens with two attached hydrogens (primary N) is 1. The number of rotatable bonds is 4. The number of nitrogens with one attached hydrogen (secondary N) is 1. The summed E-state index contributed by atoms with van der Waals surface area (Å²) >= 11 is 5.95. The van der Waals surface area contributed by atoms with Crippen LogP contribution in [0.3, 0.4) is 0 Å². The van der Waals surface area contributed by atoms with Crippen LogP contribution >= 0.6 is 11.6 Å². The summed E-state index contributed by atoms with van der Waals surface area (Å²) in [5.74, 6) is 0.0568. The Bertz CT molecular complexity index is 592. The molecule has 0 bridgehead atoms. The summed E-state index contributed by atoms with van der Waals surface area (Å²) in [6.07, 6.45) is 0. The number of amides is 1. The van der Waals surface area contributed by atoms with Crippen molar-refractivity contribution in [2.45, 2.75) is 6.92 Å². The molecule has 20 heavy (non-hydrogen) atoms. The van der Waals surface area contributed by atoms with E-state index in [9.17, 15) is 4.79 Å². The van der Waals surface area contributed by atoms with Crippen molar-refractivity contribution in [2.24, 2.45) is 0 Å². The number of aryl methyl sites for hydroxylation is 1. The molecule has 0 spiro atoms. The molecule has 2 rings (SSSR count). The lowest BCUT2D eigenvalue weighted by Crippen LogP contribution is -2.20. The molecule has 0 fully saturated rings. The Kier molecular flexibility index (Phi) is 4.48. The van der Waals surface area contributed by atoms with E-state index >= 15 is 0 Å². The predicted octanol–water partition coefficient (Wildman–Crippen LogP) is 3.25. The van der Waals surface area contributed by atoms with Crippen LogP contribution in [0.4, 0.5) is 11.4 Å².